The second kappa shape index (κ2) is 12.0. The molecule has 1 aromatic heterocycles. The van der Waals surface area contributed by atoms with Gasteiger partial charge < -0.3 is 5.11 Å². The van der Waals surface area contributed by atoms with Gasteiger partial charge in [-0.05, 0) is 43.2 Å². The van der Waals surface area contributed by atoms with E-state index in [0.717, 1.165) is 19.3 Å². The van der Waals surface area contributed by atoms with Crippen molar-refractivity contribution in [3.8, 4) is 11.1 Å². The maximum Gasteiger partial charge on any atom is 0.354 e. The molecule has 0 spiro atoms. The van der Waals surface area contributed by atoms with E-state index in [2.05, 4.69) is 24.0 Å². The van der Waals surface area contributed by atoms with Crippen LogP contribution in [0.3, 0.4) is 0 Å². The van der Waals surface area contributed by atoms with Crippen molar-refractivity contribution in [3.63, 3.8) is 0 Å². The Labute approximate surface area is 201 Å². The molecule has 1 heterocycles. The van der Waals surface area contributed by atoms with E-state index in [1.807, 2.05) is 12.1 Å². The molecule has 0 bridgehead atoms. The summed E-state index contributed by atoms with van der Waals surface area (Å²) in [6.07, 6.45) is 7.51. The van der Waals surface area contributed by atoms with E-state index < -0.39 is 17.6 Å². The van der Waals surface area contributed by atoms with Gasteiger partial charge in [0.2, 0.25) is 0 Å². The minimum atomic E-state index is -0.990. The van der Waals surface area contributed by atoms with Crippen LogP contribution >= 0.6 is 0 Å². The molecule has 1 N–H and O–H groups in total. The second-order valence-electron chi connectivity index (χ2n) is 8.12. The Bertz CT molecular complexity index is 1010. The normalized spacial score (nSPS) is 14.1. The van der Waals surface area contributed by atoms with E-state index in [-0.39, 0.29) is 36.8 Å². The van der Waals surface area contributed by atoms with Crippen LogP contribution in [-0.2, 0) is 26.5 Å². The molecule has 2 aromatic carbocycles. The molecule has 0 amide bonds. The monoisotopic (exact) mass is 614 g/mol. The molecule has 6 heteroatoms. The number of aromatic nitrogens is 1. The van der Waals surface area contributed by atoms with Crippen molar-refractivity contribution in [2.45, 2.75) is 45.4 Å². The molecule has 1 fully saturated rings. The number of halogens is 2. The van der Waals surface area contributed by atoms with Crippen molar-refractivity contribution in [3.05, 3.63) is 89.8 Å². The number of carboxylic acids is 1. The number of pyridine rings is 1. The first kappa shape index (κ1) is 25.8. The molecule has 1 aliphatic carbocycles. The number of carboxylic acid groups (broad SMARTS) is 1. The molecular formula is C26H25F2IrNO2-2. The van der Waals surface area contributed by atoms with E-state index in [9.17, 15) is 13.6 Å². The van der Waals surface area contributed by atoms with Crippen LogP contribution in [0.2, 0.25) is 0 Å². The van der Waals surface area contributed by atoms with Crippen LogP contribution in [0.15, 0.2) is 54.7 Å². The molecule has 0 aliphatic heterocycles. The Kier molecular flexibility index (Phi) is 9.67. The van der Waals surface area contributed by atoms with E-state index in [0.29, 0.717) is 17.5 Å². The van der Waals surface area contributed by atoms with Gasteiger partial charge in [-0.1, -0.05) is 31.4 Å². The number of aromatic carboxylic acids is 1. The molecule has 171 valence electrons. The van der Waals surface area contributed by atoms with Gasteiger partial charge in [0.25, 0.3) is 0 Å². The SMILES string of the molecule is CC1(CCc2c(F)c[c-]c(-c3[c-]cccc3)c2F)CCCC1.O=C(O)c1ccccn1.[Ir]. The predicted molar refractivity (Wildman–Crippen MR) is 116 cm³/mol. The van der Waals surface area contributed by atoms with E-state index >= 15 is 0 Å². The number of carbonyl (C=O) groups is 1. The molecule has 1 aliphatic rings. The van der Waals surface area contributed by atoms with Gasteiger partial charge in [0, 0.05) is 37.9 Å². The Morgan fingerprint density at radius 2 is 1.84 bits per heavy atom. The molecule has 1 radical (unpaired) electrons. The second-order valence-corrected chi connectivity index (χ2v) is 8.12. The molecule has 4 rings (SSSR count). The summed E-state index contributed by atoms with van der Waals surface area (Å²) in [6, 6.07) is 18.9. The summed E-state index contributed by atoms with van der Waals surface area (Å²) in [4.78, 5) is 13.7. The maximum atomic E-state index is 14.7. The first-order valence-electron chi connectivity index (χ1n) is 10.4. The quantitative estimate of drug-likeness (QED) is 0.334. The molecule has 3 aromatic rings. The van der Waals surface area contributed by atoms with Gasteiger partial charge in [-0.3, -0.25) is 8.78 Å². The number of hydrogen-bond acceptors (Lipinski definition) is 2. The average Bonchev–Trinajstić information content (AvgIpc) is 3.22. The zero-order chi connectivity index (χ0) is 22.3. The average molecular weight is 614 g/mol. The van der Waals surface area contributed by atoms with Crippen molar-refractivity contribution in [1.82, 2.24) is 4.98 Å². The molecule has 1 saturated carbocycles. The van der Waals surface area contributed by atoms with Gasteiger partial charge in [0.05, 0.1) is 0 Å². The van der Waals surface area contributed by atoms with E-state index in [1.54, 1.807) is 24.3 Å². The van der Waals surface area contributed by atoms with E-state index in [1.165, 1.54) is 31.2 Å². The van der Waals surface area contributed by atoms with Crippen molar-refractivity contribution < 1.29 is 38.8 Å². The molecule has 32 heavy (non-hydrogen) atoms. The van der Waals surface area contributed by atoms with Crippen molar-refractivity contribution in [2.75, 3.05) is 0 Å². The minimum Gasteiger partial charge on any atom is -0.477 e. The number of hydrogen-bond donors (Lipinski definition) is 1. The Morgan fingerprint density at radius 1 is 1.12 bits per heavy atom. The summed E-state index contributed by atoms with van der Waals surface area (Å²) in [5.74, 6) is -1.96. The minimum absolute atomic E-state index is 0. The van der Waals surface area contributed by atoms with Gasteiger partial charge >= 0.3 is 5.97 Å². The van der Waals surface area contributed by atoms with Crippen molar-refractivity contribution in [2.24, 2.45) is 5.41 Å². The molecular weight excluding hydrogens is 589 g/mol. The van der Waals surface area contributed by atoms with Crippen LogP contribution in [0, 0.1) is 29.2 Å². The third-order valence-corrected chi connectivity index (χ3v) is 5.77. The van der Waals surface area contributed by atoms with Crippen LogP contribution in [-0.4, -0.2) is 16.1 Å². The van der Waals surface area contributed by atoms with Crippen LogP contribution in [0.25, 0.3) is 11.1 Å². The number of nitrogens with zero attached hydrogens (tertiary/aromatic N) is 1. The van der Waals surface area contributed by atoms with Crippen LogP contribution in [0.1, 0.15) is 55.1 Å². The summed E-state index contributed by atoms with van der Waals surface area (Å²) < 4.78 is 28.8. The maximum absolute atomic E-state index is 14.7. The molecule has 0 saturated heterocycles. The summed E-state index contributed by atoms with van der Waals surface area (Å²) in [5.41, 5.74) is 1.44. The summed E-state index contributed by atoms with van der Waals surface area (Å²) in [6.45, 7) is 2.23. The van der Waals surface area contributed by atoms with Crippen molar-refractivity contribution in [1.29, 1.82) is 0 Å². The predicted octanol–water partition coefficient (Wildman–Crippen LogP) is 6.52. The summed E-state index contributed by atoms with van der Waals surface area (Å²) >= 11 is 0. The standard InChI is InChI=1S/C20H20F2.C6H5NO2.Ir/c1-20(12-5-6-13-20)14-11-17-18(21)10-9-16(19(17)22)15-7-3-2-4-8-15;8-6(9)5-3-1-2-4-7-5;/h2-4,7,10H,5-6,11-14H2,1H3;1-4H,(H,8,9);/q-2;;. The fourth-order valence-electron chi connectivity index (χ4n) is 3.91. The third-order valence-electron chi connectivity index (χ3n) is 5.77. The number of benzene rings is 2. The van der Waals surface area contributed by atoms with Gasteiger partial charge in [0.1, 0.15) is 5.69 Å². The molecule has 0 atom stereocenters. The summed E-state index contributed by atoms with van der Waals surface area (Å²) in [5, 5.41) is 8.32. The van der Waals surface area contributed by atoms with Crippen LogP contribution in [0.4, 0.5) is 8.78 Å². The van der Waals surface area contributed by atoms with Crippen LogP contribution < -0.4 is 0 Å². The first-order valence-corrected chi connectivity index (χ1v) is 10.4. The van der Waals surface area contributed by atoms with Gasteiger partial charge in [0.15, 0.2) is 0 Å². The fourth-order valence-corrected chi connectivity index (χ4v) is 3.91. The number of rotatable bonds is 5. The Balaban J connectivity index is 0.000000307. The first-order chi connectivity index (χ1) is 14.9. The van der Waals surface area contributed by atoms with Gasteiger partial charge in [-0.15, -0.1) is 12.1 Å². The molecule has 3 nitrogen and oxygen atoms in total. The topological polar surface area (TPSA) is 50.2 Å². The zero-order valence-electron chi connectivity index (χ0n) is 17.8. The summed E-state index contributed by atoms with van der Waals surface area (Å²) in [7, 11) is 0. The largest absolute Gasteiger partial charge is 0.477 e. The molecule has 0 unspecified atom stereocenters. The third kappa shape index (κ3) is 6.78. The van der Waals surface area contributed by atoms with Gasteiger partial charge in [-0.2, -0.15) is 35.9 Å². The Hall–Kier alpha value is -2.43. The van der Waals surface area contributed by atoms with E-state index in [4.69, 9.17) is 5.11 Å². The van der Waals surface area contributed by atoms with Crippen molar-refractivity contribution >= 4 is 5.97 Å². The smallest absolute Gasteiger partial charge is 0.354 e. The Morgan fingerprint density at radius 3 is 2.41 bits per heavy atom. The fraction of sp³-hybridized carbons (Fsp3) is 0.308. The zero-order valence-corrected chi connectivity index (χ0v) is 20.2. The van der Waals surface area contributed by atoms with Gasteiger partial charge in [-0.25, -0.2) is 15.3 Å². The van der Waals surface area contributed by atoms with Crippen LogP contribution in [0.5, 0.6) is 0 Å².